The Bertz CT molecular complexity index is 987. The van der Waals surface area contributed by atoms with Gasteiger partial charge in [-0.25, -0.2) is 22.0 Å². The van der Waals surface area contributed by atoms with Gasteiger partial charge >= 0.3 is 0 Å². The number of nitrogens with zero attached hydrogens (tertiary/aromatic N) is 2. The SMILES string of the molecule is CC(=O)N[C@@H](C)CC[C@H]1OC[C@H](Oc2nc3c(F)cc(OCC(F)F)c(F)c3n2C)C[C@@H]1F. The summed E-state index contributed by atoms with van der Waals surface area (Å²) in [4.78, 5) is 15.0. The summed E-state index contributed by atoms with van der Waals surface area (Å²) < 4.78 is 85.5. The number of hydrogen-bond donors (Lipinski definition) is 1. The number of nitrogens with one attached hydrogen (secondary N) is 1. The van der Waals surface area contributed by atoms with Crippen LogP contribution in [0.15, 0.2) is 6.07 Å². The maximum atomic E-state index is 14.7. The highest BCUT2D eigenvalue weighted by Gasteiger charge is 2.34. The van der Waals surface area contributed by atoms with Gasteiger partial charge in [0.25, 0.3) is 12.4 Å². The summed E-state index contributed by atoms with van der Waals surface area (Å²) in [5.74, 6) is -2.87. The lowest BCUT2D eigenvalue weighted by molar-refractivity contribution is -0.119. The van der Waals surface area contributed by atoms with Crippen LogP contribution < -0.4 is 14.8 Å². The maximum Gasteiger partial charge on any atom is 0.297 e. The van der Waals surface area contributed by atoms with Crippen molar-refractivity contribution in [3.63, 3.8) is 0 Å². The van der Waals surface area contributed by atoms with Gasteiger partial charge in [-0.3, -0.25) is 9.36 Å². The molecule has 0 spiro atoms. The zero-order valence-corrected chi connectivity index (χ0v) is 18.4. The average Bonchev–Trinajstić information content (AvgIpc) is 3.05. The van der Waals surface area contributed by atoms with E-state index in [1.54, 1.807) is 0 Å². The van der Waals surface area contributed by atoms with Crippen molar-refractivity contribution in [2.24, 2.45) is 7.05 Å². The molecule has 0 saturated carbocycles. The normalized spacial score (nSPS) is 21.9. The van der Waals surface area contributed by atoms with Crippen molar-refractivity contribution in [3.8, 4) is 11.8 Å². The Kier molecular flexibility index (Phi) is 7.98. The van der Waals surface area contributed by atoms with Crippen molar-refractivity contribution in [3.05, 3.63) is 17.7 Å². The van der Waals surface area contributed by atoms with Crippen molar-refractivity contribution in [2.75, 3.05) is 13.2 Å². The van der Waals surface area contributed by atoms with Crippen LogP contribution in [-0.4, -0.2) is 59.5 Å². The average molecular weight is 479 g/mol. The second-order valence-electron chi connectivity index (χ2n) is 8.07. The fourth-order valence-corrected chi connectivity index (χ4v) is 3.76. The Hall–Kier alpha value is -2.63. The minimum absolute atomic E-state index is 0.0178. The number of hydrogen-bond acceptors (Lipinski definition) is 5. The van der Waals surface area contributed by atoms with Gasteiger partial charge in [0.1, 0.15) is 29.9 Å². The van der Waals surface area contributed by atoms with Crippen LogP contribution in [0.1, 0.15) is 33.1 Å². The Labute approximate surface area is 187 Å². The van der Waals surface area contributed by atoms with Crippen molar-refractivity contribution < 1.29 is 41.0 Å². The van der Waals surface area contributed by atoms with E-state index in [0.717, 1.165) is 4.57 Å². The van der Waals surface area contributed by atoms with Gasteiger partial charge in [0.2, 0.25) is 5.91 Å². The number of rotatable bonds is 9. The molecule has 1 aliphatic rings. The van der Waals surface area contributed by atoms with Gasteiger partial charge in [-0.05, 0) is 19.8 Å². The van der Waals surface area contributed by atoms with E-state index in [4.69, 9.17) is 9.47 Å². The van der Waals surface area contributed by atoms with Crippen molar-refractivity contribution in [1.29, 1.82) is 0 Å². The van der Waals surface area contributed by atoms with Crippen molar-refractivity contribution >= 4 is 16.9 Å². The van der Waals surface area contributed by atoms with E-state index in [0.29, 0.717) is 18.9 Å². The minimum atomic E-state index is -2.86. The first-order chi connectivity index (χ1) is 15.6. The van der Waals surface area contributed by atoms with Gasteiger partial charge in [0, 0.05) is 32.5 Å². The van der Waals surface area contributed by atoms with Gasteiger partial charge in [-0.1, -0.05) is 0 Å². The molecule has 0 aliphatic carbocycles. The number of carbonyl (C=O) groups is 1. The lowest BCUT2D eigenvalue weighted by atomic mass is 9.99. The highest BCUT2D eigenvalue weighted by atomic mass is 19.3. The standard InChI is InChI=1S/C21H26F5N3O4/c1-10(27-11(2)30)4-5-15-13(22)6-12(8-31-15)33-21-28-19-14(23)7-16(32-9-17(24)25)18(26)20(19)29(21)3/h7,10,12-13,15,17H,4-6,8-9H2,1-3H3,(H,27,30)/t10-,12+,13-,15+/m0/s1. The zero-order valence-electron chi connectivity index (χ0n) is 18.4. The summed E-state index contributed by atoms with van der Waals surface area (Å²) in [6.07, 6.45) is -4.69. The highest BCUT2D eigenvalue weighted by Crippen LogP contribution is 2.33. The largest absolute Gasteiger partial charge is 0.484 e. The zero-order chi connectivity index (χ0) is 24.3. The number of alkyl halides is 3. The molecule has 33 heavy (non-hydrogen) atoms. The molecular formula is C21H26F5N3O4. The molecule has 7 nitrogen and oxygen atoms in total. The fraction of sp³-hybridized carbons (Fsp3) is 0.619. The van der Waals surface area contributed by atoms with Crippen LogP contribution >= 0.6 is 0 Å². The Morgan fingerprint density at radius 2 is 2.12 bits per heavy atom. The van der Waals surface area contributed by atoms with Gasteiger partial charge < -0.3 is 19.5 Å². The van der Waals surface area contributed by atoms with E-state index in [1.807, 2.05) is 6.92 Å². The minimum Gasteiger partial charge on any atom is -0.484 e. The number of ether oxygens (including phenoxy) is 3. The second kappa shape index (κ2) is 10.5. The smallest absolute Gasteiger partial charge is 0.297 e. The van der Waals surface area contributed by atoms with Crippen LogP contribution in [0.25, 0.3) is 11.0 Å². The summed E-state index contributed by atoms with van der Waals surface area (Å²) in [6.45, 7) is 2.17. The van der Waals surface area contributed by atoms with Crippen molar-refractivity contribution in [2.45, 2.75) is 64.0 Å². The molecule has 2 aromatic rings. The van der Waals surface area contributed by atoms with E-state index < -0.39 is 48.8 Å². The van der Waals surface area contributed by atoms with E-state index in [9.17, 15) is 26.7 Å². The topological polar surface area (TPSA) is 74.6 Å². The van der Waals surface area contributed by atoms with Crippen LogP contribution in [0.2, 0.25) is 0 Å². The first-order valence-corrected chi connectivity index (χ1v) is 10.5. The predicted molar refractivity (Wildman–Crippen MR) is 108 cm³/mol. The predicted octanol–water partition coefficient (Wildman–Crippen LogP) is 3.67. The molecule has 1 aromatic heterocycles. The number of benzene rings is 1. The molecule has 1 N–H and O–H groups in total. The monoisotopic (exact) mass is 479 g/mol. The molecule has 12 heteroatoms. The summed E-state index contributed by atoms with van der Waals surface area (Å²) in [5, 5.41) is 2.72. The highest BCUT2D eigenvalue weighted by molar-refractivity contribution is 5.80. The van der Waals surface area contributed by atoms with Gasteiger partial charge in [0.05, 0.1) is 12.7 Å². The molecule has 1 saturated heterocycles. The number of aryl methyl sites for hydroxylation is 1. The molecule has 1 aliphatic heterocycles. The molecule has 0 radical (unpaired) electrons. The van der Waals surface area contributed by atoms with Gasteiger partial charge in [0.15, 0.2) is 17.4 Å². The molecule has 0 unspecified atom stereocenters. The number of carbonyl (C=O) groups excluding carboxylic acids is 1. The fourth-order valence-electron chi connectivity index (χ4n) is 3.76. The van der Waals surface area contributed by atoms with Crippen LogP contribution in [0.4, 0.5) is 22.0 Å². The Balaban J connectivity index is 1.66. The first-order valence-electron chi connectivity index (χ1n) is 10.5. The molecule has 4 atom stereocenters. The Morgan fingerprint density at radius 3 is 2.76 bits per heavy atom. The van der Waals surface area contributed by atoms with E-state index in [2.05, 4.69) is 15.0 Å². The van der Waals surface area contributed by atoms with Crippen molar-refractivity contribution in [1.82, 2.24) is 14.9 Å². The van der Waals surface area contributed by atoms with Gasteiger partial charge in [-0.15, -0.1) is 0 Å². The molecule has 1 aromatic carbocycles. The molecule has 2 heterocycles. The Morgan fingerprint density at radius 1 is 1.39 bits per heavy atom. The van der Waals surface area contributed by atoms with Crippen LogP contribution in [0, 0.1) is 11.6 Å². The maximum absolute atomic E-state index is 14.7. The number of halogens is 5. The molecule has 0 bridgehead atoms. The molecule has 1 fully saturated rings. The van der Waals surface area contributed by atoms with E-state index >= 15 is 0 Å². The quantitative estimate of drug-likeness (QED) is 0.556. The second-order valence-corrected chi connectivity index (χ2v) is 8.07. The van der Waals surface area contributed by atoms with Crippen LogP contribution in [-0.2, 0) is 16.6 Å². The van der Waals surface area contributed by atoms with Crippen LogP contribution in [0.5, 0.6) is 11.8 Å². The van der Waals surface area contributed by atoms with E-state index in [-0.39, 0.29) is 42.0 Å². The number of amides is 1. The van der Waals surface area contributed by atoms with Gasteiger partial charge in [-0.2, -0.15) is 4.98 Å². The third kappa shape index (κ3) is 6.04. The summed E-state index contributed by atoms with van der Waals surface area (Å²) >= 11 is 0. The molecule has 1 amide bonds. The lowest BCUT2D eigenvalue weighted by Crippen LogP contribution is -2.42. The van der Waals surface area contributed by atoms with E-state index in [1.165, 1.54) is 14.0 Å². The number of imidazole rings is 1. The molecule has 184 valence electrons. The third-order valence-corrected chi connectivity index (χ3v) is 5.32. The summed E-state index contributed by atoms with van der Waals surface area (Å²) in [6, 6.07) is 0.351. The lowest BCUT2D eigenvalue weighted by Gasteiger charge is -2.32. The number of fused-ring (bicyclic) bond motifs is 1. The van der Waals surface area contributed by atoms with Crippen LogP contribution in [0.3, 0.4) is 0 Å². The summed E-state index contributed by atoms with van der Waals surface area (Å²) in [7, 11) is 1.35. The molecular weight excluding hydrogens is 453 g/mol. The summed E-state index contributed by atoms with van der Waals surface area (Å²) in [5.41, 5.74) is -0.694. The number of aromatic nitrogens is 2. The molecule has 3 rings (SSSR count). The first kappa shape index (κ1) is 25.0. The third-order valence-electron chi connectivity index (χ3n) is 5.32.